The van der Waals surface area contributed by atoms with Crippen molar-refractivity contribution < 1.29 is 9.63 Å². The molecule has 1 aliphatic rings. The molecule has 0 bridgehead atoms. The lowest BCUT2D eigenvalue weighted by Crippen LogP contribution is -2.40. The summed E-state index contributed by atoms with van der Waals surface area (Å²) in [7, 11) is 0. The molecule has 4 heteroatoms. The third-order valence-electron chi connectivity index (χ3n) is 2.23. The third-order valence-corrected chi connectivity index (χ3v) is 2.23. The minimum Gasteiger partial charge on any atom is -0.354 e. The van der Waals surface area contributed by atoms with Crippen molar-refractivity contribution in [2.24, 2.45) is 5.90 Å². The second-order valence-electron chi connectivity index (χ2n) is 3.32. The minimum atomic E-state index is 0.0256. The summed E-state index contributed by atoms with van der Waals surface area (Å²) in [6.07, 6.45) is 4.09. The second kappa shape index (κ2) is 4.42. The standard InChI is InChI=1S/C8H16N2O2/c1-6(11)10-7-3-2-4-8(5-7)12-9/h7-8H,2-5,9H2,1H3,(H,10,11)/t7-,8+/m1/s1. The molecule has 0 aliphatic heterocycles. The number of hydrogen-bond acceptors (Lipinski definition) is 3. The van der Waals surface area contributed by atoms with E-state index >= 15 is 0 Å². The van der Waals surface area contributed by atoms with E-state index in [4.69, 9.17) is 10.7 Å². The molecule has 1 amide bonds. The Hall–Kier alpha value is -0.610. The fourth-order valence-corrected chi connectivity index (χ4v) is 1.69. The van der Waals surface area contributed by atoms with E-state index in [9.17, 15) is 4.79 Å². The molecule has 0 radical (unpaired) electrons. The Morgan fingerprint density at radius 1 is 1.58 bits per heavy atom. The Morgan fingerprint density at radius 3 is 2.92 bits per heavy atom. The van der Waals surface area contributed by atoms with Gasteiger partial charge in [-0.25, -0.2) is 5.90 Å². The van der Waals surface area contributed by atoms with Gasteiger partial charge >= 0.3 is 0 Å². The highest BCUT2D eigenvalue weighted by molar-refractivity contribution is 5.73. The van der Waals surface area contributed by atoms with E-state index in [-0.39, 0.29) is 18.1 Å². The van der Waals surface area contributed by atoms with E-state index in [0.717, 1.165) is 25.7 Å². The van der Waals surface area contributed by atoms with E-state index < -0.39 is 0 Å². The molecule has 2 atom stereocenters. The van der Waals surface area contributed by atoms with Crippen LogP contribution in [0.5, 0.6) is 0 Å². The van der Waals surface area contributed by atoms with E-state index in [1.807, 2.05) is 0 Å². The molecule has 0 saturated heterocycles. The van der Waals surface area contributed by atoms with E-state index in [2.05, 4.69) is 5.32 Å². The molecule has 0 aromatic rings. The maximum Gasteiger partial charge on any atom is 0.217 e. The number of nitrogens with one attached hydrogen (secondary N) is 1. The highest BCUT2D eigenvalue weighted by atomic mass is 16.6. The fourth-order valence-electron chi connectivity index (χ4n) is 1.69. The predicted octanol–water partition coefficient (Wildman–Crippen LogP) is 0.324. The van der Waals surface area contributed by atoms with Gasteiger partial charge in [0.05, 0.1) is 6.10 Å². The van der Waals surface area contributed by atoms with Gasteiger partial charge in [-0.05, 0) is 25.7 Å². The Balaban J connectivity index is 2.30. The summed E-state index contributed by atoms with van der Waals surface area (Å²) in [6.45, 7) is 1.53. The number of rotatable bonds is 2. The van der Waals surface area contributed by atoms with Gasteiger partial charge in [0.15, 0.2) is 0 Å². The first kappa shape index (κ1) is 9.48. The summed E-state index contributed by atoms with van der Waals surface area (Å²) in [5, 5.41) is 2.87. The van der Waals surface area contributed by atoms with Crippen LogP contribution in [0, 0.1) is 0 Å². The van der Waals surface area contributed by atoms with Gasteiger partial charge in [0.2, 0.25) is 5.91 Å². The summed E-state index contributed by atoms with van der Waals surface area (Å²) >= 11 is 0. The summed E-state index contributed by atoms with van der Waals surface area (Å²) in [4.78, 5) is 15.5. The van der Waals surface area contributed by atoms with Gasteiger partial charge in [-0.1, -0.05) is 0 Å². The lowest BCUT2D eigenvalue weighted by Gasteiger charge is -2.27. The topological polar surface area (TPSA) is 64.3 Å². The van der Waals surface area contributed by atoms with Crippen molar-refractivity contribution in [3.05, 3.63) is 0 Å². The van der Waals surface area contributed by atoms with Crippen molar-refractivity contribution in [1.29, 1.82) is 0 Å². The molecule has 0 spiro atoms. The maximum atomic E-state index is 10.7. The smallest absolute Gasteiger partial charge is 0.217 e. The number of nitrogens with two attached hydrogens (primary N) is 1. The Labute approximate surface area is 72.4 Å². The lowest BCUT2D eigenvalue weighted by molar-refractivity contribution is -0.120. The molecule has 0 aromatic heterocycles. The largest absolute Gasteiger partial charge is 0.354 e. The Bertz CT molecular complexity index is 161. The average Bonchev–Trinajstić information content (AvgIpc) is 2.03. The monoisotopic (exact) mass is 172 g/mol. The van der Waals surface area contributed by atoms with Crippen molar-refractivity contribution in [1.82, 2.24) is 5.32 Å². The van der Waals surface area contributed by atoms with Gasteiger partial charge < -0.3 is 10.2 Å². The predicted molar refractivity (Wildman–Crippen MR) is 45.1 cm³/mol. The van der Waals surface area contributed by atoms with Crippen LogP contribution in [0.25, 0.3) is 0 Å². The number of carbonyl (C=O) groups is 1. The highest BCUT2D eigenvalue weighted by Crippen LogP contribution is 2.19. The molecule has 12 heavy (non-hydrogen) atoms. The van der Waals surface area contributed by atoms with E-state index in [0.29, 0.717) is 0 Å². The van der Waals surface area contributed by atoms with E-state index in [1.165, 1.54) is 6.92 Å². The first-order chi connectivity index (χ1) is 5.72. The quantitative estimate of drug-likeness (QED) is 0.590. The third kappa shape index (κ3) is 2.79. The fraction of sp³-hybridized carbons (Fsp3) is 0.875. The number of carbonyl (C=O) groups excluding carboxylic acids is 1. The van der Waals surface area contributed by atoms with Crippen LogP contribution < -0.4 is 11.2 Å². The minimum absolute atomic E-state index is 0.0256. The van der Waals surface area contributed by atoms with Crippen LogP contribution >= 0.6 is 0 Å². The molecule has 1 fully saturated rings. The van der Waals surface area contributed by atoms with Crippen molar-refractivity contribution in [3.63, 3.8) is 0 Å². The lowest BCUT2D eigenvalue weighted by atomic mass is 9.93. The average molecular weight is 172 g/mol. The number of amides is 1. The van der Waals surface area contributed by atoms with Gasteiger partial charge in [-0.2, -0.15) is 0 Å². The zero-order valence-corrected chi connectivity index (χ0v) is 7.38. The molecule has 1 aliphatic carbocycles. The van der Waals surface area contributed by atoms with Crippen LogP contribution in [0.2, 0.25) is 0 Å². The zero-order valence-electron chi connectivity index (χ0n) is 7.38. The van der Waals surface area contributed by atoms with Gasteiger partial charge in [-0.15, -0.1) is 0 Å². The van der Waals surface area contributed by atoms with Crippen LogP contribution in [-0.4, -0.2) is 18.1 Å². The van der Waals surface area contributed by atoms with Crippen molar-refractivity contribution in [2.45, 2.75) is 44.8 Å². The van der Waals surface area contributed by atoms with Gasteiger partial charge in [0, 0.05) is 13.0 Å². The van der Waals surface area contributed by atoms with Crippen molar-refractivity contribution in [3.8, 4) is 0 Å². The van der Waals surface area contributed by atoms with Gasteiger partial charge in [0.25, 0.3) is 0 Å². The Morgan fingerprint density at radius 2 is 2.33 bits per heavy atom. The van der Waals surface area contributed by atoms with Crippen LogP contribution in [0.3, 0.4) is 0 Å². The zero-order chi connectivity index (χ0) is 8.97. The molecule has 0 unspecified atom stereocenters. The van der Waals surface area contributed by atoms with Crippen LogP contribution in [-0.2, 0) is 9.63 Å². The number of hydrogen-bond donors (Lipinski definition) is 2. The first-order valence-electron chi connectivity index (χ1n) is 4.35. The summed E-state index contributed by atoms with van der Waals surface area (Å²) in [5.74, 6) is 5.11. The second-order valence-corrected chi connectivity index (χ2v) is 3.32. The van der Waals surface area contributed by atoms with Crippen LogP contribution in [0.15, 0.2) is 0 Å². The van der Waals surface area contributed by atoms with Crippen molar-refractivity contribution in [2.75, 3.05) is 0 Å². The molecule has 4 nitrogen and oxygen atoms in total. The van der Waals surface area contributed by atoms with Crippen LogP contribution in [0.1, 0.15) is 32.6 Å². The first-order valence-corrected chi connectivity index (χ1v) is 4.35. The maximum absolute atomic E-state index is 10.7. The normalized spacial score (nSPS) is 29.8. The van der Waals surface area contributed by atoms with Crippen molar-refractivity contribution >= 4 is 5.91 Å². The molecule has 0 heterocycles. The molecule has 1 rings (SSSR count). The van der Waals surface area contributed by atoms with Gasteiger partial charge in [-0.3, -0.25) is 4.79 Å². The molecular weight excluding hydrogens is 156 g/mol. The molecule has 1 saturated carbocycles. The highest BCUT2D eigenvalue weighted by Gasteiger charge is 2.22. The Kier molecular flexibility index (Phi) is 3.49. The summed E-state index contributed by atoms with van der Waals surface area (Å²) < 4.78 is 0. The molecule has 3 N–H and O–H groups in total. The van der Waals surface area contributed by atoms with Gasteiger partial charge in [0.1, 0.15) is 0 Å². The van der Waals surface area contributed by atoms with E-state index in [1.54, 1.807) is 0 Å². The summed E-state index contributed by atoms with van der Waals surface area (Å²) in [5.41, 5.74) is 0. The summed E-state index contributed by atoms with van der Waals surface area (Å²) in [6, 6.07) is 0.254. The SMILES string of the molecule is CC(=O)N[C@@H]1CCC[C@H](ON)C1. The van der Waals surface area contributed by atoms with Crippen LogP contribution in [0.4, 0.5) is 0 Å². The molecular formula is C8H16N2O2. The molecule has 70 valence electrons. The molecule has 0 aromatic carbocycles.